The van der Waals surface area contributed by atoms with E-state index in [2.05, 4.69) is 32.9 Å². The van der Waals surface area contributed by atoms with Crippen molar-refractivity contribution in [1.29, 1.82) is 0 Å². The second kappa shape index (κ2) is 2.87. The summed E-state index contributed by atoms with van der Waals surface area (Å²) in [6.45, 7) is 6.47. The first-order chi connectivity index (χ1) is 4.75. The van der Waals surface area contributed by atoms with Gasteiger partial charge in [0.25, 0.3) is 0 Å². The van der Waals surface area contributed by atoms with Gasteiger partial charge in [0.2, 0.25) is 0 Å². The summed E-state index contributed by atoms with van der Waals surface area (Å²) in [5, 5.41) is 0. The van der Waals surface area contributed by atoms with Crippen LogP contribution in [0.1, 0.15) is 23.6 Å². The molecule has 0 unspecified atom stereocenters. The van der Waals surface area contributed by atoms with Gasteiger partial charge in [0.05, 0.1) is 0 Å². The summed E-state index contributed by atoms with van der Waals surface area (Å²) in [4.78, 5) is 0. The van der Waals surface area contributed by atoms with Crippen LogP contribution in [-0.4, -0.2) is 0 Å². The molecule has 0 N–H and O–H groups in total. The zero-order valence-corrected chi connectivity index (χ0v) is 6.86. The molecule has 0 aliphatic carbocycles. The van der Waals surface area contributed by atoms with Crippen LogP contribution in [0.3, 0.4) is 0 Å². The highest BCUT2D eigenvalue weighted by atomic mass is 14.0. The predicted octanol–water partition coefficient (Wildman–Crippen LogP) is 2.67. The summed E-state index contributed by atoms with van der Waals surface area (Å²) in [7, 11) is 0. The SMILES string of the molecule is CCc1c[c]cc(C)c1C. The van der Waals surface area contributed by atoms with E-state index < -0.39 is 0 Å². The van der Waals surface area contributed by atoms with Crippen LogP contribution in [0.5, 0.6) is 0 Å². The molecular formula is C10H13. The lowest BCUT2D eigenvalue weighted by Crippen LogP contribution is -1.88. The maximum absolute atomic E-state index is 3.12. The molecule has 0 heteroatoms. The standard InChI is InChI=1S/C10H13/c1-4-10-7-5-6-8(2)9(10)3/h6-7H,4H2,1-3H3. The van der Waals surface area contributed by atoms with E-state index in [0.29, 0.717) is 0 Å². The van der Waals surface area contributed by atoms with Crippen LogP contribution < -0.4 is 0 Å². The molecule has 0 spiro atoms. The Bertz CT molecular complexity index is 223. The smallest absolute Gasteiger partial charge is 0.0178 e. The molecule has 1 aromatic rings. The lowest BCUT2D eigenvalue weighted by atomic mass is 10.0. The Kier molecular flexibility index (Phi) is 2.10. The van der Waals surface area contributed by atoms with Crippen molar-refractivity contribution in [1.82, 2.24) is 0 Å². The number of benzene rings is 1. The summed E-state index contributed by atoms with van der Waals surface area (Å²) < 4.78 is 0. The summed E-state index contributed by atoms with van der Waals surface area (Å²) >= 11 is 0. The molecule has 0 fully saturated rings. The Morgan fingerprint density at radius 2 is 2.00 bits per heavy atom. The van der Waals surface area contributed by atoms with Crippen LogP contribution in [0.2, 0.25) is 0 Å². The minimum absolute atomic E-state index is 1.12. The normalized spacial score (nSPS) is 9.90. The van der Waals surface area contributed by atoms with Crippen LogP contribution in [0.15, 0.2) is 12.1 Å². The van der Waals surface area contributed by atoms with Gasteiger partial charge in [0, 0.05) is 0 Å². The molecule has 0 aliphatic heterocycles. The van der Waals surface area contributed by atoms with E-state index in [0.717, 1.165) is 6.42 Å². The van der Waals surface area contributed by atoms with Crippen molar-refractivity contribution < 1.29 is 0 Å². The first kappa shape index (κ1) is 7.33. The zero-order valence-electron chi connectivity index (χ0n) is 6.86. The van der Waals surface area contributed by atoms with Crippen molar-refractivity contribution in [2.75, 3.05) is 0 Å². The molecule has 0 atom stereocenters. The van der Waals surface area contributed by atoms with Crippen LogP contribution in [0, 0.1) is 19.9 Å². The fraction of sp³-hybridized carbons (Fsp3) is 0.400. The minimum atomic E-state index is 1.12. The highest BCUT2D eigenvalue weighted by Gasteiger charge is 1.95. The lowest BCUT2D eigenvalue weighted by molar-refractivity contribution is 1.09. The Morgan fingerprint density at radius 3 is 2.50 bits per heavy atom. The Hall–Kier alpha value is -0.780. The predicted molar refractivity (Wildman–Crippen MR) is 44.1 cm³/mol. The first-order valence-electron chi connectivity index (χ1n) is 3.72. The summed E-state index contributed by atoms with van der Waals surface area (Å²) in [6, 6.07) is 7.23. The fourth-order valence-electron chi connectivity index (χ4n) is 1.10. The van der Waals surface area contributed by atoms with E-state index in [1.165, 1.54) is 16.7 Å². The van der Waals surface area contributed by atoms with Crippen molar-refractivity contribution in [2.45, 2.75) is 27.2 Å². The Balaban J connectivity index is 3.14. The van der Waals surface area contributed by atoms with E-state index in [4.69, 9.17) is 0 Å². The highest BCUT2D eigenvalue weighted by molar-refractivity contribution is 5.32. The fourth-order valence-corrected chi connectivity index (χ4v) is 1.10. The third-order valence-electron chi connectivity index (χ3n) is 2.01. The van der Waals surface area contributed by atoms with E-state index in [9.17, 15) is 0 Å². The van der Waals surface area contributed by atoms with Crippen molar-refractivity contribution >= 4 is 0 Å². The molecule has 1 radical (unpaired) electrons. The van der Waals surface area contributed by atoms with Gasteiger partial charge in [-0.25, -0.2) is 0 Å². The van der Waals surface area contributed by atoms with Gasteiger partial charge in [-0.3, -0.25) is 0 Å². The molecule has 0 aromatic heterocycles. The summed E-state index contributed by atoms with van der Waals surface area (Å²) in [5.74, 6) is 0. The third-order valence-corrected chi connectivity index (χ3v) is 2.01. The topological polar surface area (TPSA) is 0 Å². The van der Waals surface area contributed by atoms with E-state index in [1.807, 2.05) is 6.07 Å². The van der Waals surface area contributed by atoms with Gasteiger partial charge in [0.15, 0.2) is 0 Å². The molecule has 53 valence electrons. The van der Waals surface area contributed by atoms with Crippen LogP contribution in [-0.2, 0) is 6.42 Å². The molecular weight excluding hydrogens is 120 g/mol. The molecule has 0 saturated carbocycles. The number of aryl methyl sites for hydroxylation is 2. The van der Waals surface area contributed by atoms with Gasteiger partial charge >= 0.3 is 0 Å². The molecule has 0 saturated heterocycles. The minimum Gasteiger partial charge on any atom is -0.0613 e. The van der Waals surface area contributed by atoms with Crippen molar-refractivity contribution in [3.05, 3.63) is 34.9 Å². The zero-order chi connectivity index (χ0) is 7.56. The quantitative estimate of drug-likeness (QED) is 0.552. The van der Waals surface area contributed by atoms with Crippen LogP contribution >= 0.6 is 0 Å². The van der Waals surface area contributed by atoms with Gasteiger partial charge < -0.3 is 0 Å². The highest BCUT2D eigenvalue weighted by Crippen LogP contribution is 2.11. The van der Waals surface area contributed by atoms with Gasteiger partial charge in [-0.05, 0) is 43.0 Å². The average molecular weight is 133 g/mol. The molecule has 0 nitrogen and oxygen atoms in total. The van der Waals surface area contributed by atoms with Crippen molar-refractivity contribution in [3.63, 3.8) is 0 Å². The van der Waals surface area contributed by atoms with E-state index >= 15 is 0 Å². The molecule has 0 amide bonds. The van der Waals surface area contributed by atoms with E-state index in [1.54, 1.807) is 0 Å². The lowest BCUT2D eigenvalue weighted by Gasteiger charge is -2.03. The second-order valence-electron chi connectivity index (χ2n) is 2.64. The molecule has 0 aliphatic rings. The van der Waals surface area contributed by atoms with Crippen molar-refractivity contribution in [2.24, 2.45) is 0 Å². The Labute approximate surface area is 62.9 Å². The summed E-state index contributed by atoms with van der Waals surface area (Å²) in [5.41, 5.74) is 4.18. The molecule has 10 heavy (non-hydrogen) atoms. The second-order valence-corrected chi connectivity index (χ2v) is 2.64. The number of rotatable bonds is 1. The van der Waals surface area contributed by atoms with E-state index in [-0.39, 0.29) is 0 Å². The van der Waals surface area contributed by atoms with Crippen LogP contribution in [0.25, 0.3) is 0 Å². The maximum atomic E-state index is 3.12. The molecule has 1 rings (SSSR count). The molecule has 0 heterocycles. The first-order valence-corrected chi connectivity index (χ1v) is 3.72. The third kappa shape index (κ3) is 1.21. The maximum Gasteiger partial charge on any atom is -0.0178 e. The summed E-state index contributed by atoms with van der Waals surface area (Å²) in [6.07, 6.45) is 1.12. The molecule has 0 bridgehead atoms. The van der Waals surface area contributed by atoms with Gasteiger partial charge in [0.1, 0.15) is 0 Å². The van der Waals surface area contributed by atoms with Crippen molar-refractivity contribution in [3.8, 4) is 0 Å². The van der Waals surface area contributed by atoms with Gasteiger partial charge in [-0.2, -0.15) is 0 Å². The van der Waals surface area contributed by atoms with Gasteiger partial charge in [-0.15, -0.1) is 0 Å². The monoisotopic (exact) mass is 133 g/mol. The van der Waals surface area contributed by atoms with Crippen LogP contribution in [0.4, 0.5) is 0 Å². The Morgan fingerprint density at radius 1 is 1.30 bits per heavy atom. The number of hydrogen-bond donors (Lipinski definition) is 0. The average Bonchev–Trinajstić information content (AvgIpc) is 1.95. The number of hydrogen-bond acceptors (Lipinski definition) is 0. The largest absolute Gasteiger partial charge is 0.0613 e. The molecule has 1 aromatic carbocycles. The van der Waals surface area contributed by atoms with Gasteiger partial charge in [-0.1, -0.05) is 19.1 Å².